The molecule has 0 aliphatic heterocycles. The normalized spacial score (nSPS) is 12.3. The highest BCUT2D eigenvalue weighted by atomic mass is 32.2. The summed E-state index contributed by atoms with van der Waals surface area (Å²) in [4.78, 5) is 13.5. The van der Waals surface area contributed by atoms with E-state index in [1.807, 2.05) is 0 Å². The second-order valence-corrected chi connectivity index (χ2v) is 13.5. The van der Waals surface area contributed by atoms with E-state index in [1.54, 1.807) is 33.8 Å². The molecule has 0 bridgehead atoms. The van der Waals surface area contributed by atoms with Crippen molar-refractivity contribution in [2.75, 3.05) is 17.5 Å². The Morgan fingerprint density at radius 2 is 1.74 bits per heavy atom. The number of carbonyl (C=O) groups excluding carboxylic acids is 1. The van der Waals surface area contributed by atoms with Gasteiger partial charge in [-0.1, -0.05) is 25.1 Å². The van der Waals surface area contributed by atoms with Gasteiger partial charge in [-0.2, -0.15) is 0 Å². The summed E-state index contributed by atoms with van der Waals surface area (Å²) in [5.41, 5.74) is -0.124. The smallest absolute Gasteiger partial charge is 0.410 e. The molecule has 0 atom stereocenters. The van der Waals surface area contributed by atoms with Crippen LogP contribution in [0.1, 0.15) is 39.7 Å². The van der Waals surface area contributed by atoms with Crippen molar-refractivity contribution in [3.63, 3.8) is 0 Å². The van der Waals surface area contributed by atoms with E-state index in [1.165, 1.54) is 66.7 Å². The number of halogens is 1. The summed E-state index contributed by atoms with van der Waals surface area (Å²) in [7, 11) is -6.45. The molecule has 1 N–H and O–H groups in total. The Morgan fingerprint density at radius 3 is 2.37 bits per heavy atom. The van der Waals surface area contributed by atoms with Crippen LogP contribution in [0, 0.1) is 5.82 Å². The maximum absolute atomic E-state index is 14.8. The Hall–Kier alpha value is -3.38. The van der Waals surface area contributed by atoms with E-state index in [9.17, 15) is 26.0 Å². The molecule has 0 aliphatic carbocycles. The van der Waals surface area contributed by atoms with Gasteiger partial charge in [0, 0.05) is 24.5 Å². The molecule has 12 heteroatoms. The number of rotatable bonds is 9. The molecule has 0 saturated heterocycles. The lowest BCUT2D eigenvalue weighted by molar-refractivity contribution is 0.0285. The number of hydrogen-bond donors (Lipinski definition) is 1. The average Bonchev–Trinajstić information content (AvgIpc) is 3.22. The molecule has 3 rings (SSSR count). The lowest BCUT2D eigenvalue weighted by Gasteiger charge is -2.24. The molecule has 38 heavy (non-hydrogen) atoms. The van der Waals surface area contributed by atoms with Gasteiger partial charge in [-0.3, -0.25) is 4.72 Å². The summed E-state index contributed by atoms with van der Waals surface area (Å²) in [5, 5.41) is 0. The van der Waals surface area contributed by atoms with E-state index in [4.69, 9.17) is 4.74 Å². The van der Waals surface area contributed by atoms with Crippen LogP contribution in [0.4, 0.5) is 14.9 Å². The summed E-state index contributed by atoms with van der Waals surface area (Å²) in [6.45, 7) is 6.90. The van der Waals surface area contributed by atoms with Crippen LogP contribution in [0.25, 0.3) is 11.3 Å². The minimum Gasteiger partial charge on any atom is -0.444 e. The molecule has 3 aromatic rings. The number of carbonyl (C=O) groups is 1. The van der Waals surface area contributed by atoms with Gasteiger partial charge in [0.05, 0.1) is 22.9 Å². The first-order valence-corrected chi connectivity index (χ1v) is 15.0. The minimum absolute atomic E-state index is 0.00422. The van der Waals surface area contributed by atoms with Crippen LogP contribution >= 0.6 is 0 Å². The van der Waals surface area contributed by atoms with Crippen molar-refractivity contribution >= 4 is 31.8 Å². The van der Waals surface area contributed by atoms with E-state index >= 15 is 0 Å². The van der Waals surface area contributed by atoms with Crippen LogP contribution < -0.4 is 4.72 Å². The number of sulfonamides is 1. The zero-order chi connectivity index (χ0) is 28.3. The average molecular weight is 566 g/mol. The van der Waals surface area contributed by atoms with Gasteiger partial charge in [-0.25, -0.2) is 30.0 Å². The van der Waals surface area contributed by atoms with Gasteiger partial charge >= 0.3 is 6.09 Å². The van der Waals surface area contributed by atoms with Crippen LogP contribution in [-0.2, 0) is 31.3 Å². The Bertz CT molecular complexity index is 1530. The molecule has 1 heterocycles. The summed E-state index contributed by atoms with van der Waals surface area (Å²) < 4.78 is 75.4. The van der Waals surface area contributed by atoms with E-state index in [-0.39, 0.29) is 34.1 Å². The number of nitrogens with one attached hydrogen (secondary N) is 1. The number of benzene rings is 2. The molecule has 1 aromatic heterocycles. The minimum atomic E-state index is -4.31. The highest BCUT2D eigenvalue weighted by Gasteiger charge is 2.26. The van der Waals surface area contributed by atoms with Crippen molar-refractivity contribution < 1.29 is 30.8 Å². The Kier molecular flexibility index (Phi) is 8.57. The zero-order valence-corrected chi connectivity index (χ0v) is 23.6. The summed E-state index contributed by atoms with van der Waals surface area (Å²) in [5.74, 6) is -0.747. The molecule has 1 amide bonds. The quantitative estimate of drug-likeness (QED) is 0.388. The fraction of sp³-hybridized carbons (Fsp3) is 0.346. The number of anilines is 1. The maximum atomic E-state index is 14.8. The zero-order valence-electron chi connectivity index (χ0n) is 21.9. The number of nitrogens with zero attached hydrogens (tertiary/aromatic N) is 2. The van der Waals surface area contributed by atoms with Gasteiger partial charge in [-0.15, -0.1) is 0 Å². The van der Waals surface area contributed by atoms with Crippen molar-refractivity contribution in [2.45, 2.75) is 51.2 Å². The lowest BCUT2D eigenvalue weighted by Crippen LogP contribution is -2.33. The van der Waals surface area contributed by atoms with Gasteiger partial charge in [0.15, 0.2) is 0 Å². The summed E-state index contributed by atoms with van der Waals surface area (Å²) in [6, 6.07) is 12.6. The second-order valence-electron chi connectivity index (χ2n) is 9.80. The van der Waals surface area contributed by atoms with Gasteiger partial charge < -0.3 is 9.64 Å². The summed E-state index contributed by atoms with van der Waals surface area (Å²) >= 11 is 0. The third kappa shape index (κ3) is 7.13. The number of amides is 1. The lowest BCUT2D eigenvalue weighted by atomic mass is 10.1. The molecule has 0 unspecified atom stereocenters. The number of aromatic nitrogens is 1. The van der Waals surface area contributed by atoms with E-state index in [0.717, 1.165) is 3.97 Å². The monoisotopic (exact) mass is 565 g/mol. The Balaban J connectivity index is 2.07. The van der Waals surface area contributed by atoms with Crippen molar-refractivity contribution in [1.29, 1.82) is 0 Å². The molecule has 0 radical (unpaired) electrons. The SMILES string of the molecule is CCCS(=O)(=O)Nc1cccc(S(=O)(=O)n2cc(CN(C)C(=O)OC(C)(C)C)cc2-c2ccccc2F)c1. The fourth-order valence-corrected chi connectivity index (χ4v) is 6.22. The van der Waals surface area contributed by atoms with Gasteiger partial charge in [-0.05, 0) is 69.2 Å². The van der Waals surface area contributed by atoms with Crippen LogP contribution in [0.15, 0.2) is 65.7 Å². The van der Waals surface area contributed by atoms with E-state index in [0.29, 0.717) is 12.0 Å². The predicted molar refractivity (Wildman–Crippen MR) is 144 cm³/mol. The third-order valence-electron chi connectivity index (χ3n) is 5.25. The van der Waals surface area contributed by atoms with Gasteiger partial charge in [0.25, 0.3) is 10.0 Å². The molecular formula is C26H32FN3O6S2. The van der Waals surface area contributed by atoms with E-state index in [2.05, 4.69) is 4.72 Å². The largest absolute Gasteiger partial charge is 0.444 e. The molecule has 0 spiro atoms. The number of hydrogen-bond acceptors (Lipinski definition) is 6. The molecule has 9 nitrogen and oxygen atoms in total. The molecule has 0 saturated carbocycles. The molecule has 0 fully saturated rings. The molecule has 2 aromatic carbocycles. The first-order valence-electron chi connectivity index (χ1n) is 11.9. The van der Waals surface area contributed by atoms with Crippen LogP contribution in [-0.4, -0.2) is 50.2 Å². The van der Waals surface area contributed by atoms with Gasteiger partial charge in [0.1, 0.15) is 11.4 Å². The van der Waals surface area contributed by atoms with Crippen molar-refractivity contribution in [1.82, 2.24) is 8.87 Å². The first-order chi connectivity index (χ1) is 17.6. The van der Waals surface area contributed by atoms with Gasteiger partial charge in [0.2, 0.25) is 10.0 Å². The predicted octanol–water partition coefficient (Wildman–Crippen LogP) is 5.05. The Labute approximate surface area is 223 Å². The van der Waals surface area contributed by atoms with E-state index < -0.39 is 37.6 Å². The fourth-order valence-electron chi connectivity index (χ4n) is 3.66. The molecule has 0 aliphatic rings. The van der Waals surface area contributed by atoms with Crippen molar-refractivity contribution in [2.24, 2.45) is 0 Å². The second kappa shape index (κ2) is 11.2. The van der Waals surface area contributed by atoms with Crippen LogP contribution in [0.3, 0.4) is 0 Å². The van der Waals surface area contributed by atoms with Crippen LogP contribution in [0.2, 0.25) is 0 Å². The summed E-state index contributed by atoms with van der Waals surface area (Å²) in [6.07, 6.45) is 1.10. The highest BCUT2D eigenvalue weighted by molar-refractivity contribution is 7.92. The van der Waals surface area contributed by atoms with Crippen LogP contribution in [0.5, 0.6) is 0 Å². The Morgan fingerprint density at radius 1 is 1.05 bits per heavy atom. The van der Waals surface area contributed by atoms with Crippen molar-refractivity contribution in [3.8, 4) is 11.3 Å². The molecule has 206 valence electrons. The molecular weight excluding hydrogens is 533 g/mol. The third-order valence-corrected chi connectivity index (χ3v) is 8.42. The van der Waals surface area contributed by atoms with Crippen molar-refractivity contribution in [3.05, 3.63) is 72.2 Å². The standard InChI is InChI=1S/C26H32FN3O6S2/c1-6-14-37(32,33)28-20-10-9-11-21(16-20)38(34,35)30-18-19(17-29(5)25(31)36-26(2,3)4)15-24(30)22-12-7-8-13-23(22)27/h7-13,15-16,18,28H,6,14,17H2,1-5H3. The maximum Gasteiger partial charge on any atom is 0.410 e. The number of ether oxygens (including phenoxy) is 1. The topological polar surface area (TPSA) is 115 Å². The highest BCUT2D eigenvalue weighted by Crippen LogP contribution is 2.30. The first kappa shape index (κ1) is 29.2.